The molecule has 0 saturated carbocycles. The summed E-state index contributed by atoms with van der Waals surface area (Å²) in [4.78, 5) is 16.0. The first kappa shape index (κ1) is 22.8. The smallest absolute Gasteiger partial charge is 0.333 e. The molecule has 6 nitrogen and oxygen atoms in total. The van der Waals surface area contributed by atoms with Crippen LogP contribution >= 0.6 is 11.6 Å². The molecule has 3 aromatic rings. The fourth-order valence-corrected chi connectivity index (χ4v) is 3.61. The number of hydrogen-bond donors (Lipinski definition) is 1. The number of carboxylic acid groups (broad SMARTS) is 1. The highest BCUT2D eigenvalue weighted by atomic mass is 35.5. The Morgan fingerprint density at radius 3 is 2.52 bits per heavy atom. The number of halogens is 1. The maximum absolute atomic E-state index is 11.4. The molecular formula is C24H26ClNO5. The van der Waals surface area contributed by atoms with Crippen LogP contribution in [0.1, 0.15) is 35.1 Å². The Hall–Kier alpha value is -2.83. The predicted molar refractivity (Wildman–Crippen MR) is 119 cm³/mol. The zero-order valence-corrected chi connectivity index (χ0v) is 18.8. The fraction of sp³-hybridized carbons (Fsp3) is 0.333. The third-order valence-electron chi connectivity index (χ3n) is 5.04. The van der Waals surface area contributed by atoms with E-state index in [0.717, 1.165) is 22.3 Å². The number of ether oxygens (including phenoxy) is 2. The molecule has 1 heterocycles. The lowest BCUT2D eigenvalue weighted by atomic mass is 9.97. The van der Waals surface area contributed by atoms with Crippen LogP contribution in [-0.2, 0) is 22.6 Å². The van der Waals surface area contributed by atoms with Gasteiger partial charge in [0.2, 0.25) is 5.89 Å². The number of carboxylic acids is 1. The highest BCUT2D eigenvalue weighted by Gasteiger charge is 2.21. The monoisotopic (exact) mass is 443 g/mol. The van der Waals surface area contributed by atoms with Gasteiger partial charge in [-0.3, -0.25) is 0 Å². The van der Waals surface area contributed by atoms with E-state index in [9.17, 15) is 9.90 Å². The molecule has 0 spiro atoms. The summed E-state index contributed by atoms with van der Waals surface area (Å²) in [6.45, 7) is 8.13. The number of nitrogens with zero attached hydrogens (tertiary/aromatic N) is 1. The fourth-order valence-electron chi connectivity index (χ4n) is 3.42. The van der Waals surface area contributed by atoms with Crippen LogP contribution in [0, 0.1) is 20.8 Å². The Balaban J connectivity index is 1.73. The van der Waals surface area contributed by atoms with Gasteiger partial charge in [-0.2, -0.15) is 0 Å². The zero-order chi connectivity index (χ0) is 22.5. The Labute approximate surface area is 186 Å². The number of aryl methyl sites for hydroxylation is 3. The normalized spacial score (nSPS) is 12.0. The summed E-state index contributed by atoms with van der Waals surface area (Å²) in [5.41, 5.74) is 4.38. The molecular weight excluding hydrogens is 418 g/mol. The predicted octanol–water partition coefficient (Wildman–Crippen LogP) is 5.53. The van der Waals surface area contributed by atoms with Crippen molar-refractivity contribution in [1.82, 2.24) is 4.98 Å². The second-order valence-electron chi connectivity index (χ2n) is 7.34. The zero-order valence-electron chi connectivity index (χ0n) is 18.1. The molecule has 0 unspecified atom stereocenters. The average molecular weight is 444 g/mol. The number of aromatic nitrogens is 1. The number of hydrogen-bond acceptors (Lipinski definition) is 5. The molecule has 0 aliphatic heterocycles. The third-order valence-corrected chi connectivity index (χ3v) is 5.28. The van der Waals surface area contributed by atoms with E-state index >= 15 is 0 Å². The van der Waals surface area contributed by atoms with Crippen molar-refractivity contribution in [3.63, 3.8) is 0 Å². The van der Waals surface area contributed by atoms with Crippen molar-refractivity contribution in [3.8, 4) is 17.2 Å². The van der Waals surface area contributed by atoms with E-state index < -0.39 is 12.1 Å². The summed E-state index contributed by atoms with van der Waals surface area (Å²) in [5, 5.41) is 9.98. The van der Waals surface area contributed by atoms with Crippen molar-refractivity contribution < 1.29 is 23.8 Å². The van der Waals surface area contributed by atoms with Crippen molar-refractivity contribution in [2.75, 3.05) is 6.61 Å². The molecule has 1 N–H and O–H groups in total. The lowest BCUT2D eigenvalue weighted by molar-refractivity contribution is -0.149. The van der Waals surface area contributed by atoms with Crippen LogP contribution in [-0.4, -0.2) is 28.8 Å². The van der Waals surface area contributed by atoms with Gasteiger partial charge in [0.05, 0.1) is 0 Å². The lowest BCUT2D eigenvalue weighted by Gasteiger charge is -2.17. The van der Waals surface area contributed by atoms with Gasteiger partial charge in [0, 0.05) is 23.6 Å². The van der Waals surface area contributed by atoms with E-state index in [1.165, 1.54) is 0 Å². The van der Waals surface area contributed by atoms with Gasteiger partial charge in [-0.1, -0.05) is 17.7 Å². The molecule has 0 fully saturated rings. The van der Waals surface area contributed by atoms with Crippen LogP contribution in [0.5, 0.6) is 5.75 Å². The summed E-state index contributed by atoms with van der Waals surface area (Å²) in [6, 6.07) is 11.1. The van der Waals surface area contributed by atoms with Crippen molar-refractivity contribution in [3.05, 3.63) is 69.6 Å². The minimum absolute atomic E-state index is 0.255. The molecule has 1 aromatic heterocycles. The summed E-state index contributed by atoms with van der Waals surface area (Å²) in [5.74, 6) is 0.907. The highest BCUT2D eigenvalue weighted by Crippen LogP contribution is 2.27. The van der Waals surface area contributed by atoms with Gasteiger partial charge in [0.25, 0.3) is 0 Å². The van der Waals surface area contributed by atoms with Gasteiger partial charge in [-0.05, 0) is 74.7 Å². The number of oxazole rings is 1. The van der Waals surface area contributed by atoms with E-state index in [-0.39, 0.29) is 6.61 Å². The number of aliphatic carboxylic acids is 1. The highest BCUT2D eigenvalue weighted by molar-refractivity contribution is 6.30. The second kappa shape index (κ2) is 9.98. The molecule has 31 heavy (non-hydrogen) atoms. The molecule has 7 heteroatoms. The molecule has 0 aliphatic rings. The first-order valence-electron chi connectivity index (χ1n) is 10.1. The molecule has 0 amide bonds. The van der Waals surface area contributed by atoms with E-state index in [2.05, 4.69) is 4.98 Å². The quantitative estimate of drug-likeness (QED) is 0.468. The Morgan fingerprint density at radius 2 is 1.90 bits per heavy atom. The van der Waals surface area contributed by atoms with Gasteiger partial charge in [-0.25, -0.2) is 9.78 Å². The Morgan fingerprint density at radius 1 is 1.19 bits per heavy atom. The van der Waals surface area contributed by atoms with E-state index in [1.807, 2.05) is 45.0 Å². The van der Waals surface area contributed by atoms with Gasteiger partial charge >= 0.3 is 5.97 Å². The molecule has 3 rings (SSSR count). The molecule has 1 atom stereocenters. The minimum Gasteiger partial charge on any atom is -0.487 e. The van der Waals surface area contributed by atoms with Crippen molar-refractivity contribution in [2.45, 2.75) is 46.8 Å². The Kier molecular flexibility index (Phi) is 7.36. The van der Waals surface area contributed by atoms with Crippen LogP contribution in [0.2, 0.25) is 5.02 Å². The van der Waals surface area contributed by atoms with Crippen LogP contribution in [0.3, 0.4) is 0 Å². The van der Waals surface area contributed by atoms with E-state index in [1.54, 1.807) is 19.1 Å². The minimum atomic E-state index is -0.960. The van der Waals surface area contributed by atoms with Crippen LogP contribution in [0.4, 0.5) is 0 Å². The second-order valence-corrected chi connectivity index (χ2v) is 7.78. The van der Waals surface area contributed by atoms with Crippen molar-refractivity contribution in [1.29, 1.82) is 0 Å². The van der Waals surface area contributed by atoms with Crippen LogP contribution < -0.4 is 4.74 Å². The maximum Gasteiger partial charge on any atom is 0.333 e. The standard InChI is InChI=1S/C24H26ClNO5/c1-5-29-22(24(27)28)12-20-14(2)9-19(10-15(20)3)30-13-21-16(4)31-23(26-21)17-7-6-8-18(25)11-17/h6-11,22H,5,12-13H2,1-4H3,(H,27,28)/t22-/m0/s1. The average Bonchev–Trinajstić information content (AvgIpc) is 3.09. The van der Waals surface area contributed by atoms with E-state index in [4.69, 9.17) is 25.5 Å². The number of rotatable bonds is 9. The van der Waals surface area contributed by atoms with Crippen molar-refractivity contribution in [2.24, 2.45) is 0 Å². The van der Waals surface area contributed by atoms with E-state index in [0.29, 0.717) is 41.1 Å². The molecule has 0 bridgehead atoms. The number of benzene rings is 2. The molecule has 2 aromatic carbocycles. The van der Waals surface area contributed by atoms with Crippen molar-refractivity contribution >= 4 is 17.6 Å². The SMILES string of the molecule is CCO[C@@H](Cc1c(C)cc(OCc2nc(-c3cccc(Cl)c3)oc2C)cc1C)C(=O)O. The lowest BCUT2D eigenvalue weighted by Crippen LogP contribution is -2.27. The van der Waals surface area contributed by atoms with Gasteiger partial charge in [0.1, 0.15) is 23.8 Å². The largest absolute Gasteiger partial charge is 0.487 e. The number of carbonyl (C=O) groups is 1. The molecule has 0 saturated heterocycles. The van der Waals surface area contributed by atoms with Gasteiger partial charge in [-0.15, -0.1) is 0 Å². The van der Waals surface area contributed by atoms with Crippen LogP contribution in [0.15, 0.2) is 40.8 Å². The Bertz CT molecular complexity index is 1050. The molecule has 0 aliphatic carbocycles. The van der Waals surface area contributed by atoms with Crippen LogP contribution in [0.25, 0.3) is 11.5 Å². The molecule has 0 radical (unpaired) electrons. The first-order valence-corrected chi connectivity index (χ1v) is 10.5. The maximum atomic E-state index is 11.4. The van der Waals surface area contributed by atoms with Gasteiger partial charge in [0.15, 0.2) is 6.10 Å². The summed E-state index contributed by atoms with van der Waals surface area (Å²) < 4.78 is 17.1. The summed E-state index contributed by atoms with van der Waals surface area (Å²) in [6.07, 6.45) is -0.552. The summed E-state index contributed by atoms with van der Waals surface area (Å²) >= 11 is 6.06. The molecule has 164 valence electrons. The topological polar surface area (TPSA) is 81.8 Å². The first-order chi connectivity index (χ1) is 14.8. The third kappa shape index (κ3) is 5.66. The van der Waals surface area contributed by atoms with Gasteiger partial charge < -0.3 is 19.0 Å². The summed E-state index contributed by atoms with van der Waals surface area (Å²) in [7, 11) is 0.